The molecule has 3 aromatic rings. The summed E-state index contributed by atoms with van der Waals surface area (Å²) >= 11 is 0. The highest BCUT2D eigenvalue weighted by atomic mass is 16.2. The first kappa shape index (κ1) is 19.0. The topological polar surface area (TPSA) is 54.7 Å². The fourth-order valence-corrected chi connectivity index (χ4v) is 6.57. The lowest BCUT2D eigenvalue weighted by Crippen LogP contribution is -2.40. The van der Waals surface area contributed by atoms with Crippen LogP contribution in [0.1, 0.15) is 23.1 Å². The summed E-state index contributed by atoms with van der Waals surface area (Å²) in [6.07, 6.45) is 9.30. The van der Waals surface area contributed by atoms with Gasteiger partial charge in [0.25, 0.3) is 11.8 Å². The Kier molecular flexibility index (Phi) is 3.90. The summed E-state index contributed by atoms with van der Waals surface area (Å²) in [4.78, 5) is 26.4. The molecule has 0 radical (unpaired) electrons. The molecule has 1 aromatic heterocycles. The molecule has 5 aliphatic rings. The number of rotatable bonds is 4. The molecular formula is C28H25N3O2. The van der Waals surface area contributed by atoms with Crippen LogP contribution < -0.4 is 0 Å². The predicted octanol–water partition coefficient (Wildman–Crippen LogP) is 4.39. The molecule has 0 unspecified atom stereocenters. The van der Waals surface area contributed by atoms with Gasteiger partial charge < -0.3 is 4.57 Å². The lowest BCUT2D eigenvalue weighted by Gasteiger charge is -2.37. The molecule has 3 fully saturated rings. The van der Waals surface area contributed by atoms with Crippen LogP contribution in [0.4, 0.5) is 0 Å². The highest BCUT2D eigenvalue weighted by Crippen LogP contribution is 2.65. The normalized spacial score (nSPS) is 31.6. The highest BCUT2D eigenvalue weighted by molar-refractivity contribution is 6.07. The Morgan fingerprint density at radius 2 is 1.61 bits per heavy atom. The summed E-state index contributed by atoms with van der Waals surface area (Å²) in [5, 5.41) is 6.70. The van der Waals surface area contributed by atoms with Crippen LogP contribution in [0.25, 0.3) is 10.9 Å². The fraction of sp³-hybridized carbons (Fsp3) is 0.321. The number of para-hydroxylation sites is 1. The van der Waals surface area contributed by atoms with Crippen LogP contribution in [0.5, 0.6) is 0 Å². The van der Waals surface area contributed by atoms with Gasteiger partial charge in [-0.2, -0.15) is 10.1 Å². The van der Waals surface area contributed by atoms with E-state index in [4.69, 9.17) is 0 Å². The van der Waals surface area contributed by atoms with E-state index in [1.807, 2.05) is 12.1 Å². The van der Waals surface area contributed by atoms with Crippen molar-refractivity contribution in [1.82, 2.24) is 9.58 Å². The van der Waals surface area contributed by atoms with Gasteiger partial charge in [0.2, 0.25) is 0 Å². The van der Waals surface area contributed by atoms with Gasteiger partial charge in [0.05, 0.1) is 18.1 Å². The van der Waals surface area contributed by atoms with E-state index in [-0.39, 0.29) is 35.5 Å². The Hall–Kier alpha value is -3.47. The Balaban J connectivity index is 1.20. The third-order valence-electron chi connectivity index (χ3n) is 8.24. The minimum absolute atomic E-state index is 0.116. The molecule has 5 nitrogen and oxygen atoms in total. The SMILES string of the molecule is Cc1ccc(Cn2cc(/C=N\N3C(=O)[C@@H]4[C@H]5C=C[C@@H]([C@@H]6C[C@@H]56)[C@H]4C3=O)c3ccccc32)cc1. The Bertz CT molecular complexity index is 1330. The Labute approximate surface area is 192 Å². The molecule has 0 spiro atoms. The van der Waals surface area contributed by atoms with Crippen LogP contribution in [0.3, 0.4) is 0 Å². The number of benzene rings is 2. The van der Waals surface area contributed by atoms with Crippen molar-refractivity contribution in [3.63, 3.8) is 0 Å². The standard InChI is InChI=1S/C28H25N3O2/c1-16-6-8-17(9-7-16)14-30-15-18(19-4-2-3-5-24(19)30)13-29-31-27(32)25-20-10-11-21(23-12-22(20)23)26(25)28(31)33/h2-11,13,15,20-23,25-26H,12,14H2,1H3/b29-13-/t20-,21-,22-,23-,25+,26+/m0/s1. The number of hydrazone groups is 1. The molecular weight excluding hydrogens is 410 g/mol. The second-order valence-corrected chi connectivity index (χ2v) is 10.1. The van der Waals surface area contributed by atoms with E-state index in [1.54, 1.807) is 6.21 Å². The van der Waals surface area contributed by atoms with Gasteiger partial charge in [0.15, 0.2) is 0 Å². The average molecular weight is 436 g/mol. The molecule has 2 heterocycles. The molecule has 2 amide bonds. The van der Waals surface area contributed by atoms with E-state index in [2.05, 4.69) is 71.3 Å². The molecule has 33 heavy (non-hydrogen) atoms. The number of hydrogen-bond donors (Lipinski definition) is 0. The summed E-state index contributed by atoms with van der Waals surface area (Å²) in [6.45, 7) is 2.84. The third kappa shape index (κ3) is 2.74. The van der Waals surface area contributed by atoms with Crippen molar-refractivity contribution in [3.8, 4) is 0 Å². The van der Waals surface area contributed by atoms with Gasteiger partial charge in [-0.1, -0.05) is 60.2 Å². The van der Waals surface area contributed by atoms with Crippen molar-refractivity contribution in [1.29, 1.82) is 0 Å². The number of amides is 2. The van der Waals surface area contributed by atoms with Gasteiger partial charge in [-0.15, -0.1) is 0 Å². The molecule has 2 bridgehead atoms. The number of carbonyl (C=O) groups is 2. The molecule has 6 atom stereocenters. The van der Waals surface area contributed by atoms with Crippen LogP contribution in [-0.4, -0.2) is 27.6 Å². The summed E-state index contributed by atoms with van der Waals surface area (Å²) in [5.74, 6) is 0.982. The minimum atomic E-state index is -0.212. The second-order valence-electron chi connectivity index (χ2n) is 10.1. The number of aromatic nitrogens is 1. The largest absolute Gasteiger partial charge is 0.342 e. The molecule has 0 N–H and O–H groups in total. The van der Waals surface area contributed by atoms with Crippen LogP contribution in [0.15, 0.2) is 72.0 Å². The van der Waals surface area contributed by atoms with Crippen LogP contribution in [0.2, 0.25) is 0 Å². The smallest absolute Gasteiger partial charge is 0.254 e. The molecule has 4 aliphatic carbocycles. The van der Waals surface area contributed by atoms with Crippen molar-refractivity contribution in [2.45, 2.75) is 19.9 Å². The Morgan fingerprint density at radius 1 is 0.939 bits per heavy atom. The summed E-state index contributed by atoms with van der Waals surface area (Å²) < 4.78 is 2.20. The van der Waals surface area contributed by atoms with Gasteiger partial charge in [-0.05, 0) is 48.6 Å². The third-order valence-corrected chi connectivity index (χ3v) is 8.24. The van der Waals surface area contributed by atoms with Crippen LogP contribution in [0, 0.1) is 42.4 Å². The lowest BCUT2D eigenvalue weighted by molar-refractivity contribution is -0.140. The molecule has 5 heteroatoms. The van der Waals surface area contributed by atoms with Crippen molar-refractivity contribution in [3.05, 3.63) is 83.6 Å². The maximum Gasteiger partial charge on any atom is 0.254 e. The molecule has 1 aliphatic heterocycles. The first-order valence-electron chi connectivity index (χ1n) is 11.8. The first-order valence-corrected chi connectivity index (χ1v) is 11.8. The molecule has 2 saturated carbocycles. The summed E-state index contributed by atoms with van der Waals surface area (Å²) in [6, 6.07) is 16.7. The zero-order valence-electron chi connectivity index (χ0n) is 18.5. The van der Waals surface area contributed by atoms with E-state index < -0.39 is 0 Å². The second kappa shape index (κ2) is 6.77. The quantitative estimate of drug-likeness (QED) is 0.347. The Morgan fingerprint density at radius 3 is 2.30 bits per heavy atom. The van der Waals surface area contributed by atoms with E-state index in [0.717, 1.165) is 23.0 Å². The predicted molar refractivity (Wildman–Crippen MR) is 126 cm³/mol. The number of imide groups is 1. The first-order chi connectivity index (χ1) is 16.1. The van der Waals surface area contributed by atoms with Gasteiger partial charge in [0, 0.05) is 29.2 Å². The van der Waals surface area contributed by atoms with E-state index >= 15 is 0 Å². The number of fused-ring (bicyclic) bond motifs is 1. The van der Waals surface area contributed by atoms with Crippen molar-refractivity contribution in [2.75, 3.05) is 0 Å². The molecule has 8 rings (SSSR count). The number of hydrogen-bond acceptors (Lipinski definition) is 3. The number of carbonyl (C=O) groups excluding carboxylic acids is 2. The number of allylic oxidation sites excluding steroid dienone is 2. The molecule has 164 valence electrons. The molecule has 2 aromatic carbocycles. The van der Waals surface area contributed by atoms with E-state index in [0.29, 0.717) is 11.8 Å². The maximum atomic E-state index is 13.2. The monoisotopic (exact) mass is 435 g/mol. The van der Waals surface area contributed by atoms with Gasteiger partial charge in [0.1, 0.15) is 0 Å². The van der Waals surface area contributed by atoms with E-state index in [1.165, 1.54) is 22.6 Å². The number of aryl methyl sites for hydroxylation is 1. The summed E-state index contributed by atoms with van der Waals surface area (Å²) in [5.41, 5.74) is 4.48. The van der Waals surface area contributed by atoms with E-state index in [9.17, 15) is 9.59 Å². The van der Waals surface area contributed by atoms with Gasteiger partial charge in [-0.3, -0.25) is 9.59 Å². The number of nitrogens with zero attached hydrogens (tertiary/aromatic N) is 3. The highest BCUT2D eigenvalue weighted by Gasteiger charge is 2.67. The minimum Gasteiger partial charge on any atom is -0.342 e. The summed E-state index contributed by atoms with van der Waals surface area (Å²) in [7, 11) is 0. The average Bonchev–Trinajstić information content (AvgIpc) is 3.54. The van der Waals surface area contributed by atoms with Gasteiger partial charge in [-0.25, -0.2) is 0 Å². The lowest BCUT2D eigenvalue weighted by atomic mass is 9.63. The van der Waals surface area contributed by atoms with Crippen molar-refractivity contribution >= 4 is 28.9 Å². The van der Waals surface area contributed by atoms with Crippen molar-refractivity contribution in [2.24, 2.45) is 40.6 Å². The fourth-order valence-electron chi connectivity index (χ4n) is 6.57. The van der Waals surface area contributed by atoms with Crippen LogP contribution >= 0.6 is 0 Å². The van der Waals surface area contributed by atoms with Gasteiger partial charge >= 0.3 is 0 Å². The zero-order valence-corrected chi connectivity index (χ0v) is 18.5. The maximum absolute atomic E-state index is 13.2. The van der Waals surface area contributed by atoms with Crippen LogP contribution in [-0.2, 0) is 16.1 Å². The zero-order chi connectivity index (χ0) is 22.3. The van der Waals surface area contributed by atoms with Crippen molar-refractivity contribution < 1.29 is 9.59 Å². The molecule has 1 saturated heterocycles.